The molecule has 3 rings (SSSR count). The van der Waals surface area contributed by atoms with Crippen LogP contribution in [0, 0.1) is 5.82 Å². The molecule has 1 fully saturated rings. The molecule has 8 heteroatoms. The van der Waals surface area contributed by atoms with Crippen LogP contribution in [0.4, 0.5) is 14.9 Å². The summed E-state index contributed by atoms with van der Waals surface area (Å²) in [6.45, 7) is 0.119. The molecule has 1 aliphatic heterocycles. The molecule has 6 nitrogen and oxygen atoms in total. The molecule has 0 radical (unpaired) electrons. The zero-order valence-electron chi connectivity index (χ0n) is 14.5. The molecule has 1 N–H and O–H groups in total. The standard InChI is InChI=1S/C19H18ClFN2O4/c1-26-18(24)16-10-14(27-17-5-3-2-4-15(17)21)11-23(16)19(25)22-13-8-6-12(20)7-9-13/h2-9,14,16H,10-11H2,1H3,(H,22,25). The first-order valence-electron chi connectivity index (χ1n) is 8.30. The van der Waals surface area contributed by atoms with Gasteiger partial charge in [-0.05, 0) is 36.4 Å². The number of rotatable bonds is 4. The van der Waals surface area contributed by atoms with Gasteiger partial charge in [0.05, 0.1) is 13.7 Å². The average molecular weight is 393 g/mol. The minimum atomic E-state index is -0.820. The minimum Gasteiger partial charge on any atom is -0.485 e. The molecule has 0 aliphatic carbocycles. The molecule has 2 unspecified atom stereocenters. The normalized spacial score (nSPS) is 18.9. The highest BCUT2D eigenvalue weighted by atomic mass is 35.5. The molecule has 2 amide bonds. The molecule has 1 aliphatic rings. The fourth-order valence-electron chi connectivity index (χ4n) is 2.92. The first kappa shape index (κ1) is 19.0. The number of nitrogens with zero attached hydrogens (tertiary/aromatic N) is 1. The van der Waals surface area contributed by atoms with Gasteiger partial charge < -0.3 is 19.7 Å². The number of amides is 2. The lowest BCUT2D eigenvalue weighted by molar-refractivity contribution is -0.144. The SMILES string of the molecule is COC(=O)C1CC(Oc2ccccc2F)CN1C(=O)Nc1ccc(Cl)cc1. The van der Waals surface area contributed by atoms with Gasteiger partial charge in [0.25, 0.3) is 0 Å². The number of urea groups is 1. The summed E-state index contributed by atoms with van der Waals surface area (Å²) in [5.41, 5.74) is 0.534. The van der Waals surface area contributed by atoms with Crippen LogP contribution in [0.1, 0.15) is 6.42 Å². The molecule has 0 bridgehead atoms. The van der Waals surface area contributed by atoms with Gasteiger partial charge in [0, 0.05) is 17.1 Å². The van der Waals surface area contributed by atoms with Gasteiger partial charge in [0.15, 0.2) is 11.6 Å². The van der Waals surface area contributed by atoms with Gasteiger partial charge in [0.1, 0.15) is 12.1 Å². The fourth-order valence-corrected chi connectivity index (χ4v) is 3.04. The Bertz CT molecular complexity index is 831. The van der Waals surface area contributed by atoms with Crippen LogP contribution >= 0.6 is 11.6 Å². The number of anilines is 1. The lowest BCUT2D eigenvalue weighted by Gasteiger charge is -2.22. The van der Waals surface area contributed by atoms with Crippen LogP contribution in [0.5, 0.6) is 5.75 Å². The second kappa shape index (κ2) is 8.26. The number of para-hydroxylation sites is 1. The highest BCUT2D eigenvalue weighted by Crippen LogP contribution is 2.26. The van der Waals surface area contributed by atoms with Crippen molar-refractivity contribution in [3.63, 3.8) is 0 Å². The van der Waals surface area contributed by atoms with Crippen LogP contribution in [0.2, 0.25) is 5.02 Å². The van der Waals surface area contributed by atoms with E-state index >= 15 is 0 Å². The number of esters is 1. The second-order valence-electron chi connectivity index (χ2n) is 6.03. The van der Waals surface area contributed by atoms with Crippen molar-refractivity contribution >= 4 is 29.3 Å². The lowest BCUT2D eigenvalue weighted by Crippen LogP contribution is -2.43. The number of carbonyl (C=O) groups is 2. The maximum atomic E-state index is 13.8. The van der Waals surface area contributed by atoms with Crippen molar-refractivity contribution in [3.05, 3.63) is 59.4 Å². The maximum Gasteiger partial charge on any atom is 0.328 e. The van der Waals surface area contributed by atoms with E-state index in [0.29, 0.717) is 10.7 Å². The van der Waals surface area contributed by atoms with E-state index < -0.39 is 30.0 Å². The maximum absolute atomic E-state index is 13.8. The molecular formula is C19H18ClFN2O4. The highest BCUT2D eigenvalue weighted by molar-refractivity contribution is 6.30. The van der Waals surface area contributed by atoms with Crippen LogP contribution in [0.25, 0.3) is 0 Å². The summed E-state index contributed by atoms with van der Waals surface area (Å²) >= 11 is 5.84. The van der Waals surface area contributed by atoms with Crippen molar-refractivity contribution in [1.82, 2.24) is 4.90 Å². The molecule has 0 aromatic heterocycles. The Morgan fingerprint density at radius 3 is 2.56 bits per heavy atom. The fraction of sp³-hybridized carbons (Fsp3) is 0.263. The van der Waals surface area contributed by atoms with Gasteiger partial charge in [-0.1, -0.05) is 23.7 Å². The highest BCUT2D eigenvalue weighted by Gasteiger charge is 2.41. The zero-order valence-corrected chi connectivity index (χ0v) is 15.3. The summed E-state index contributed by atoms with van der Waals surface area (Å²) in [5, 5.41) is 3.25. The zero-order chi connectivity index (χ0) is 19.4. The summed E-state index contributed by atoms with van der Waals surface area (Å²) in [5.74, 6) is -0.983. The van der Waals surface area contributed by atoms with Gasteiger partial charge in [-0.25, -0.2) is 14.0 Å². The molecule has 1 heterocycles. The summed E-state index contributed by atoms with van der Waals surface area (Å²) in [4.78, 5) is 26.1. The monoisotopic (exact) mass is 392 g/mol. The predicted molar refractivity (Wildman–Crippen MR) is 98.4 cm³/mol. The first-order valence-corrected chi connectivity index (χ1v) is 8.68. The molecule has 2 atom stereocenters. The van der Waals surface area contributed by atoms with E-state index in [0.717, 1.165) is 0 Å². The molecule has 0 saturated carbocycles. The van der Waals surface area contributed by atoms with E-state index in [1.165, 1.54) is 24.1 Å². The number of carbonyl (C=O) groups excluding carboxylic acids is 2. The molecule has 142 valence electrons. The van der Waals surface area contributed by atoms with Crippen LogP contribution in [0.15, 0.2) is 48.5 Å². The Labute approximate surface area is 160 Å². The van der Waals surface area contributed by atoms with Gasteiger partial charge in [-0.15, -0.1) is 0 Å². The first-order chi connectivity index (χ1) is 13.0. The second-order valence-corrected chi connectivity index (χ2v) is 6.47. The van der Waals surface area contributed by atoms with Crippen molar-refractivity contribution in [3.8, 4) is 5.75 Å². The number of benzene rings is 2. The number of hydrogen-bond donors (Lipinski definition) is 1. The van der Waals surface area contributed by atoms with Gasteiger partial charge in [-0.3, -0.25) is 0 Å². The Morgan fingerprint density at radius 2 is 1.89 bits per heavy atom. The third-order valence-electron chi connectivity index (χ3n) is 4.22. The van der Waals surface area contributed by atoms with Crippen LogP contribution in [-0.2, 0) is 9.53 Å². The molecule has 2 aromatic carbocycles. The van der Waals surface area contributed by atoms with Crippen LogP contribution < -0.4 is 10.1 Å². The van der Waals surface area contributed by atoms with Crippen molar-refractivity contribution < 1.29 is 23.5 Å². The van der Waals surface area contributed by atoms with Gasteiger partial charge in [-0.2, -0.15) is 0 Å². The summed E-state index contributed by atoms with van der Waals surface area (Å²) in [6, 6.07) is 11.3. The smallest absolute Gasteiger partial charge is 0.328 e. The van der Waals surface area contributed by atoms with Crippen molar-refractivity contribution in [2.45, 2.75) is 18.6 Å². The minimum absolute atomic E-state index is 0.0751. The molecular weight excluding hydrogens is 375 g/mol. The van der Waals surface area contributed by atoms with Crippen LogP contribution in [-0.4, -0.2) is 42.7 Å². The largest absolute Gasteiger partial charge is 0.485 e. The number of methoxy groups -OCH3 is 1. The lowest BCUT2D eigenvalue weighted by atomic mass is 10.2. The number of likely N-dealkylation sites (tertiary alicyclic amines) is 1. The molecule has 27 heavy (non-hydrogen) atoms. The summed E-state index contributed by atoms with van der Waals surface area (Å²) in [7, 11) is 1.25. The van der Waals surface area contributed by atoms with E-state index in [1.807, 2.05) is 0 Å². The predicted octanol–water partition coefficient (Wildman–Crippen LogP) is 3.71. The number of ether oxygens (including phenoxy) is 2. The van der Waals surface area contributed by atoms with Crippen LogP contribution in [0.3, 0.4) is 0 Å². The third-order valence-corrected chi connectivity index (χ3v) is 4.47. The van der Waals surface area contributed by atoms with E-state index in [2.05, 4.69) is 5.32 Å². The number of nitrogens with one attached hydrogen (secondary N) is 1. The molecule has 2 aromatic rings. The Hall–Kier alpha value is -2.80. The van der Waals surface area contributed by atoms with E-state index in [4.69, 9.17) is 21.1 Å². The quantitative estimate of drug-likeness (QED) is 0.805. The number of hydrogen-bond acceptors (Lipinski definition) is 4. The van der Waals surface area contributed by atoms with Crippen molar-refractivity contribution in [2.24, 2.45) is 0 Å². The molecule has 0 spiro atoms. The van der Waals surface area contributed by atoms with E-state index in [9.17, 15) is 14.0 Å². The van der Waals surface area contributed by atoms with E-state index in [1.54, 1.807) is 36.4 Å². The van der Waals surface area contributed by atoms with Crippen molar-refractivity contribution in [1.29, 1.82) is 0 Å². The third kappa shape index (κ3) is 4.49. The Kier molecular flexibility index (Phi) is 5.81. The topological polar surface area (TPSA) is 67.9 Å². The van der Waals surface area contributed by atoms with Gasteiger partial charge >= 0.3 is 12.0 Å². The average Bonchev–Trinajstić information content (AvgIpc) is 3.09. The van der Waals surface area contributed by atoms with Crippen molar-refractivity contribution in [2.75, 3.05) is 19.0 Å². The Morgan fingerprint density at radius 1 is 1.19 bits per heavy atom. The van der Waals surface area contributed by atoms with Gasteiger partial charge in [0.2, 0.25) is 0 Å². The Balaban J connectivity index is 1.73. The summed E-state index contributed by atoms with van der Waals surface area (Å²) in [6.07, 6.45) is -0.336. The number of halogens is 2. The molecule has 1 saturated heterocycles. The summed E-state index contributed by atoms with van der Waals surface area (Å²) < 4.78 is 24.3. The van der Waals surface area contributed by atoms with E-state index in [-0.39, 0.29) is 18.7 Å².